The summed E-state index contributed by atoms with van der Waals surface area (Å²) in [6.45, 7) is 4.48. The maximum atomic E-state index is 13.3. The lowest BCUT2D eigenvalue weighted by molar-refractivity contribution is 0.0474. The second kappa shape index (κ2) is 8.83. The van der Waals surface area contributed by atoms with Gasteiger partial charge >= 0.3 is 5.97 Å². The van der Waals surface area contributed by atoms with E-state index in [4.69, 9.17) is 14.1 Å². The molecule has 1 aliphatic carbocycles. The van der Waals surface area contributed by atoms with Crippen LogP contribution >= 0.6 is 0 Å². The van der Waals surface area contributed by atoms with Crippen molar-refractivity contribution >= 4 is 40.1 Å². The molecule has 35 heavy (non-hydrogen) atoms. The van der Waals surface area contributed by atoms with Crippen molar-refractivity contribution < 1.29 is 23.5 Å². The summed E-state index contributed by atoms with van der Waals surface area (Å²) in [6.07, 6.45) is 4.90. The standard InChI is InChI=1S/C28H24N2O5/c1-15-24(17(3)31)16(2)29-26(15)23(32)14-35-28(33)25-20-8-4-5-9-22(20)30-27-18(10-11-21(25)27)13-19-7-6-12-34-19/h4-9,12-13,29H,10-11,14H2,1-3H3. The van der Waals surface area contributed by atoms with Crippen molar-refractivity contribution in [1.82, 2.24) is 9.97 Å². The van der Waals surface area contributed by atoms with E-state index in [0.717, 1.165) is 22.6 Å². The zero-order valence-corrected chi connectivity index (χ0v) is 19.7. The van der Waals surface area contributed by atoms with E-state index in [1.165, 1.54) is 6.92 Å². The van der Waals surface area contributed by atoms with Crippen molar-refractivity contribution in [3.05, 3.63) is 87.8 Å². The van der Waals surface area contributed by atoms with Gasteiger partial charge in [0, 0.05) is 16.6 Å². The van der Waals surface area contributed by atoms with Crippen LogP contribution in [-0.4, -0.2) is 34.1 Å². The number of fused-ring (bicyclic) bond motifs is 2. The minimum Gasteiger partial charge on any atom is -0.465 e. The van der Waals surface area contributed by atoms with Crippen LogP contribution in [0.4, 0.5) is 0 Å². The van der Waals surface area contributed by atoms with Gasteiger partial charge in [-0.3, -0.25) is 9.59 Å². The summed E-state index contributed by atoms with van der Waals surface area (Å²) >= 11 is 0. The molecule has 4 aromatic rings. The van der Waals surface area contributed by atoms with Crippen LogP contribution in [0.1, 0.15) is 72.8 Å². The van der Waals surface area contributed by atoms with Crippen LogP contribution < -0.4 is 0 Å². The molecule has 0 bridgehead atoms. The largest absolute Gasteiger partial charge is 0.465 e. The van der Waals surface area contributed by atoms with Gasteiger partial charge in [-0.05, 0) is 74.6 Å². The van der Waals surface area contributed by atoms with Crippen molar-refractivity contribution in [2.24, 2.45) is 0 Å². The minimum atomic E-state index is -0.569. The summed E-state index contributed by atoms with van der Waals surface area (Å²) in [5.41, 5.74) is 5.63. The number of benzene rings is 1. The van der Waals surface area contributed by atoms with Gasteiger partial charge in [0.2, 0.25) is 5.78 Å². The molecule has 3 heterocycles. The molecular weight excluding hydrogens is 444 g/mol. The Hall–Kier alpha value is -4.26. The number of nitrogens with zero attached hydrogens (tertiary/aromatic N) is 1. The third kappa shape index (κ3) is 3.99. The SMILES string of the molecule is CC(=O)c1c(C)[nH]c(C(=O)COC(=O)c2c3c(nc4ccccc24)C(=Cc2ccco2)CC3)c1C. The molecule has 0 saturated heterocycles. The summed E-state index contributed by atoms with van der Waals surface area (Å²) < 4.78 is 11.0. The molecule has 176 valence electrons. The Bertz CT molecular complexity index is 1520. The number of aromatic amines is 1. The van der Waals surface area contributed by atoms with E-state index in [-0.39, 0.29) is 17.3 Å². The van der Waals surface area contributed by atoms with Crippen LogP contribution in [0.2, 0.25) is 0 Å². The summed E-state index contributed by atoms with van der Waals surface area (Å²) in [5.74, 6) is -0.358. The molecular formula is C28H24N2O5. The highest BCUT2D eigenvalue weighted by Crippen LogP contribution is 2.37. The molecule has 0 unspecified atom stereocenters. The number of nitrogens with one attached hydrogen (secondary N) is 1. The Labute approximate surface area is 201 Å². The van der Waals surface area contributed by atoms with E-state index in [2.05, 4.69) is 4.98 Å². The summed E-state index contributed by atoms with van der Waals surface area (Å²) in [4.78, 5) is 45.9. The van der Waals surface area contributed by atoms with Crippen molar-refractivity contribution in [3.8, 4) is 0 Å². The van der Waals surface area contributed by atoms with Crippen LogP contribution in [0, 0.1) is 13.8 Å². The van der Waals surface area contributed by atoms with Gasteiger partial charge in [0.05, 0.1) is 28.7 Å². The fourth-order valence-electron chi connectivity index (χ4n) is 4.89. The number of esters is 1. The molecule has 7 nitrogen and oxygen atoms in total. The van der Waals surface area contributed by atoms with E-state index in [0.29, 0.717) is 46.1 Å². The van der Waals surface area contributed by atoms with E-state index >= 15 is 0 Å². The third-order valence-corrected chi connectivity index (χ3v) is 6.41. The average molecular weight is 469 g/mol. The Balaban J connectivity index is 1.47. The first-order valence-corrected chi connectivity index (χ1v) is 11.4. The van der Waals surface area contributed by atoms with Crippen LogP contribution in [0.25, 0.3) is 22.6 Å². The summed E-state index contributed by atoms with van der Waals surface area (Å²) in [5, 5.41) is 0.689. The number of H-pyrrole nitrogens is 1. The Morgan fingerprint density at radius 1 is 1.09 bits per heavy atom. The van der Waals surface area contributed by atoms with Crippen molar-refractivity contribution in [2.75, 3.05) is 6.61 Å². The van der Waals surface area contributed by atoms with Crippen LogP contribution in [0.5, 0.6) is 0 Å². The van der Waals surface area contributed by atoms with E-state index in [1.54, 1.807) is 20.1 Å². The first-order chi connectivity index (χ1) is 16.8. The number of carbonyl (C=O) groups excluding carboxylic acids is 3. The fourth-order valence-corrected chi connectivity index (χ4v) is 4.89. The predicted molar refractivity (Wildman–Crippen MR) is 132 cm³/mol. The molecule has 7 heteroatoms. The Morgan fingerprint density at radius 3 is 2.60 bits per heavy atom. The van der Waals surface area contributed by atoms with Gasteiger partial charge in [-0.25, -0.2) is 9.78 Å². The first kappa shape index (κ1) is 22.5. The summed E-state index contributed by atoms with van der Waals surface area (Å²) in [7, 11) is 0. The van der Waals surface area contributed by atoms with Crippen molar-refractivity contribution in [2.45, 2.75) is 33.6 Å². The topological polar surface area (TPSA) is 102 Å². The van der Waals surface area contributed by atoms with Crippen LogP contribution in [0.3, 0.4) is 0 Å². The number of aromatic nitrogens is 2. The number of para-hydroxylation sites is 1. The molecule has 3 aromatic heterocycles. The van der Waals surface area contributed by atoms with E-state index < -0.39 is 12.6 Å². The molecule has 0 saturated carbocycles. The Kier molecular flexibility index (Phi) is 5.68. The molecule has 1 aromatic carbocycles. The molecule has 0 amide bonds. The molecule has 5 rings (SSSR count). The fraction of sp³-hybridized carbons (Fsp3) is 0.214. The zero-order chi connectivity index (χ0) is 24.7. The number of ether oxygens (including phenoxy) is 1. The molecule has 0 radical (unpaired) electrons. The number of furan rings is 1. The molecule has 0 atom stereocenters. The minimum absolute atomic E-state index is 0.121. The predicted octanol–water partition coefficient (Wildman–Crippen LogP) is 5.50. The number of Topliss-reactive ketones (excluding diaryl/α,β-unsaturated/α-hetero) is 2. The van der Waals surface area contributed by atoms with Gasteiger partial charge in [-0.15, -0.1) is 0 Å². The first-order valence-electron chi connectivity index (χ1n) is 11.4. The average Bonchev–Trinajstić information content (AvgIpc) is 3.56. The molecule has 0 aliphatic heterocycles. The quantitative estimate of drug-likeness (QED) is 0.296. The smallest absolute Gasteiger partial charge is 0.339 e. The lowest BCUT2D eigenvalue weighted by Crippen LogP contribution is -2.17. The van der Waals surface area contributed by atoms with E-state index in [1.807, 2.05) is 42.5 Å². The number of allylic oxidation sites excluding steroid dienone is 1. The number of carbonyl (C=O) groups is 3. The zero-order valence-electron chi connectivity index (χ0n) is 19.7. The number of pyridine rings is 1. The highest BCUT2D eigenvalue weighted by Gasteiger charge is 2.28. The number of aryl methyl sites for hydroxylation is 1. The van der Waals surface area contributed by atoms with Gasteiger partial charge in [-0.1, -0.05) is 18.2 Å². The van der Waals surface area contributed by atoms with Crippen LogP contribution in [0.15, 0.2) is 47.1 Å². The van der Waals surface area contributed by atoms with Gasteiger partial charge in [0.25, 0.3) is 0 Å². The van der Waals surface area contributed by atoms with Gasteiger partial charge < -0.3 is 14.1 Å². The van der Waals surface area contributed by atoms with E-state index in [9.17, 15) is 14.4 Å². The maximum Gasteiger partial charge on any atom is 0.339 e. The second-order valence-corrected chi connectivity index (χ2v) is 8.70. The normalized spacial score (nSPS) is 13.9. The van der Waals surface area contributed by atoms with Crippen molar-refractivity contribution in [1.29, 1.82) is 0 Å². The number of ketones is 2. The second-order valence-electron chi connectivity index (χ2n) is 8.70. The number of hydrogen-bond donors (Lipinski definition) is 1. The summed E-state index contributed by atoms with van der Waals surface area (Å²) in [6, 6.07) is 11.1. The highest BCUT2D eigenvalue weighted by molar-refractivity contribution is 6.09. The maximum absolute atomic E-state index is 13.3. The molecule has 0 spiro atoms. The molecule has 1 aliphatic rings. The number of rotatable bonds is 6. The van der Waals surface area contributed by atoms with Crippen molar-refractivity contribution in [3.63, 3.8) is 0 Å². The Morgan fingerprint density at radius 2 is 1.89 bits per heavy atom. The molecule has 0 fully saturated rings. The monoisotopic (exact) mass is 468 g/mol. The van der Waals surface area contributed by atoms with Gasteiger partial charge in [0.1, 0.15) is 5.76 Å². The number of hydrogen-bond acceptors (Lipinski definition) is 6. The van der Waals surface area contributed by atoms with Gasteiger partial charge in [-0.2, -0.15) is 0 Å². The lowest BCUT2D eigenvalue weighted by Gasteiger charge is -2.12. The third-order valence-electron chi connectivity index (χ3n) is 6.41. The lowest BCUT2D eigenvalue weighted by atomic mass is 10.0. The van der Waals surface area contributed by atoms with Gasteiger partial charge in [0.15, 0.2) is 12.4 Å². The molecule has 1 N–H and O–H groups in total. The highest BCUT2D eigenvalue weighted by atomic mass is 16.5. The van der Waals surface area contributed by atoms with Crippen LogP contribution in [-0.2, 0) is 11.2 Å².